The van der Waals surface area contributed by atoms with E-state index in [-0.39, 0.29) is 29.7 Å². The maximum absolute atomic E-state index is 13.6. The van der Waals surface area contributed by atoms with Gasteiger partial charge in [-0.05, 0) is 18.2 Å². The van der Waals surface area contributed by atoms with Crippen LogP contribution in [0.1, 0.15) is 10.4 Å². The molecule has 2 aromatic heterocycles. The molecule has 0 aliphatic rings. The molecule has 0 atom stereocenters. The Hall–Kier alpha value is -3.82. The zero-order chi connectivity index (χ0) is 18.5. The zero-order valence-electron chi connectivity index (χ0n) is 13.2. The molecule has 3 rings (SSSR count). The van der Waals surface area contributed by atoms with Crippen molar-refractivity contribution in [2.45, 2.75) is 6.54 Å². The van der Waals surface area contributed by atoms with E-state index in [1.165, 1.54) is 42.9 Å². The fraction of sp³-hybridized carbons (Fsp3) is 0.0625. The first-order valence-corrected chi connectivity index (χ1v) is 7.32. The van der Waals surface area contributed by atoms with Gasteiger partial charge in [0.1, 0.15) is 12.9 Å². The smallest absolute Gasteiger partial charge is 0.325 e. The molecule has 0 saturated heterocycles. The molecular weight excluding hydrogens is 345 g/mol. The summed E-state index contributed by atoms with van der Waals surface area (Å²) in [5.41, 5.74) is 0.181. The summed E-state index contributed by atoms with van der Waals surface area (Å²) in [5, 5.41) is 14.9. The summed E-state index contributed by atoms with van der Waals surface area (Å²) in [6.07, 6.45) is 2.52. The Morgan fingerprint density at radius 1 is 1.23 bits per heavy atom. The monoisotopic (exact) mass is 357 g/mol. The molecule has 0 aliphatic carbocycles. The van der Waals surface area contributed by atoms with Gasteiger partial charge >= 0.3 is 5.97 Å². The third-order valence-electron chi connectivity index (χ3n) is 3.11. The Balaban J connectivity index is 1.71. The Kier molecular flexibility index (Phi) is 4.83. The van der Waals surface area contributed by atoms with Gasteiger partial charge in [-0.3, -0.25) is 14.9 Å². The maximum atomic E-state index is 13.6. The highest BCUT2D eigenvalue weighted by Crippen LogP contribution is 2.23. The molecule has 3 aromatic rings. The van der Waals surface area contributed by atoms with E-state index in [4.69, 9.17) is 9.84 Å². The number of pyridine rings is 1. The number of para-hydroxylation sites is 1. The largest absolute Gasteiger partial charge is 0.480 e. The van der Waals surface area contributed by atoms with Crippen LogP contribution in [0.2, 0.25) is 0 Å². The van der Waals surface area contributed by atoms with Crippen LogP contribution in [0.25, 0.3) is 0 Å². The summed E-state index contributed by atoms with van der Waals surface area (Å²) in [4.78, 5) is 30.6. The molecule has 132 valence electrons. The van der Waals surface area contributed by atoms with Crippen molar-refractivity contribution in [3.63, 3.8) is 0 Å². The molecule has 2 N–H and O–H groups in total. The van der Waals surface area contributed by atoms with Crippen LogP contribution in [0.15, 0.2) is 48.9 Å². The number of anilines is 1. The van der Waals surface area contributed by atoms with Crippen LogP contribution in [-0.2, 0) is 11.3 Å². The summed E-state index contributed by atoms with van der Waals surface area (Å²) in [6.45, 7) is -0.376. The molecule has 0 saturated carbocycles. The predicted molar refractivity (Wildman–Crippen MR) is 86.3 cm³/mol. The first kappa shape index (κ1) is 17.0. The van der Waals surface area contributed by atoms with Gasteiger partial charge in [0.25, 0.3) is 5.91 Å². The van der Waals surface area contributed by atoms with E-state index in [0.29, 0.717) is 0 Å². The Labute approximate surface area is 146 Å². The summed E-state index contributed by atoms with van der Waals surface area (Å²) >= 11 is 0. The van der Waals surface area contributed by atoms with E-state index < -0.39 is 17.7 Å². The number of hydrogen-bond donors (Lipinski definition) is 2. The Morgan fingerprint density at radius 3 is 2.81 bits per heavy atom. The highest BCUT2D eigenvalue weighted by molar-refractivity contribution is 6.03. The fourth-order valence-corrected chi connectivity index (χ4v) is 1.99. The van der Waals surface area contributed by atoms with Crippen molar-refractivity contribution in [2.75, 3.05) is 5.32 Å². The van der Waals surface area contributed by atoms with Crippen molar-refractivity contribution in [2.24, 2.45) is 0 Å². The lowest BCUT2D eigenvalue weighted by Crippen LogP contribution is -2.14. The minimum absolute atomic E-state index is 0.0216. The molecule has 0 spiro atoms. The van der Waals surface area contributed by atoms with Crippen LogP contribution in [0.5, 0.6) is 11.6 Å². The number of carboxylic acid groups (broad SMARTS) is 1. The van der Waals surface area contributed by atoms with Gasteiger partial charge in [0, 0.05) is 17.8 Å². The predicted octanol–water partition coefficient (Wildman–Crippen LogP) is 1.94. The van der Waals surface area contributed by atoms with Gasteiger partial charge in [0.05, 0.1) is 0 Å². The second-order valence-electron chi connectivity index (χ2n) is 5.03. The van der Waals surface area contributed by atoms with E-state index in [0.717, 1.165) is 4.68 Å². The summed E-state index contributed by atoms with van der Waals surface area (Å²) in [7, 11) is 0. The average molecular weight is 357 g/mol. The first-order valence-electron chi connectivity index (χ1n) is 7.32. The number of carboxylic acids is 1. The lowest BCUT2D eigenvalue weighted by Gasteiger charge is -2.07. The number of carbonyl (C=O) groups is 2. The summed E-state index contributed by atoms with van der Waals surface area (Å²) < 4.78 is 20.0. The van der Waals surface area contributed by atoms with Crippen LogP contribution in [-0.4, -0.2) is 36.7 Å². The molecule has 0 aliphatic heterocycles. The van der Waals surface area contributed by atoms with Gasteiger partial charge in [0.2, 0.25) is 11.8 Å². The van der Waals surface area contributed by atoms with E-state index in [1.807, 2.05) is 0 Å². The van der Waals surface area contributed by atoms with E-state index in [9.17, 15) is 14.0 Å². The maximum Gasteiger partial charge on any atom is 0.325 e. The number of aliphatic carboxylic acids is 1. The van der Waals surface area contributed by atoms with Crippen LogP contribution >= 0.6 is 0 Å². The normalized spacial score (nSPS) is 10.3. The molecule has 2 heterocycles. The van der Waals surface area contributed by atoms with Gasteiger partial charge < -0.3 is 9.84 Å². The van der Waals surface area contributed by atoms with Crippen molar-refractivity contribution in [1.29, 1.82) is 0 Å². The van der Waals surface area contributed by atoms with Gasteiger partial charge in [-0.2, -0.15) is 0 Å². The number of hydrogen-bond acceptors (Lipinski definition) is 6. The number of halogens is 1. The van der Waals surface area contributed by atoms with Crippen LogP contribution in [0, 0.1) is 5.82 Å². The number of amides is 1. The van der Waals surface area contributed by atoms with Crippen molar-refractivity contribution in [3.8, 4) is 11.6 Å². The second-order valence-corrected chi connectivity index (χ2v) is 5.03. The van der Waals surface area contributed by atoms with Crippen molar-refractivity contribution < 1.29 is 23.8 Å². The van der Waals surface area contributed by atoms with Gasteiger partial charge in [-0.1, -0.05) is 12.1 Å². The molecule has 1 amide bonds. The Morgan fingerprint density at radius 2 is 2.04 bits per heavy atom. The number of nitrogens with one attached hydrogen (secondary N) is 1. The van der Waals surface area contributed by atoms with E-state index in [1.54, 1.807) is 6.07 Å². The second kappa shape index (κ2) is 7.38. The lowest BCUT2D eigenvalue weighted by molar-refractivity contribution is -0.137. The number of ether oxygens (including phenoxy) is 1. The van der Waals surface area contributed by atoms with Gasteiger partial charge in [-0.25, -0.2) is 19.0 Å². The molecule has 0 bridgehead atoms. The minimum Gasteiger partial charge on any atom is -0.480 e. The third kappa shape index (κ3) is 4.17. The lowest BCUT2D eigenvalue weighted by atomic mass is 10.2. The quantitative estimate of drug-likeness (QED) is 0.692. The standard InChI is InChI=1S/C16H12FN5O4/c17-11-3-1-2-4-12(11)26-13-7-10(5-6-18-13)15(25)20-16-19-9-22(21-16)8-14(23)24/h1-7,9H,8H2,(H,23,24)(H,20,21,25). The average Bonchev–Trinajstić information content (AvgIpc) is 3.03. The summed E-state index contributed by atoms with van der Waals surface area (Å²) in [6, 6.07) is 8.56. The highest BCUT2D eigenvalue weighted by atomic mass is 19.1. The number of aromatic nitrogens is 4. The van der Waals surface area contributed by atoms with Crippen molar-refractivity contribution in [1.82, 2.24) is 19.7 Å². The van der Waals surface area contributed by atoms with Crippen LogP contribution in [0.4, 0.5) is 10.3 Å². The van der Waals surface area contributed by atoms with E-state index >= 15 is 0 Å². The molecule has 26 heavy (non-hydrogen) atoms. The molecule has 0 unspecified atom stereocenters. The number of benzene rings is 1. The fourth-order valence-electron chi connectivity index (χ4n) is 1.99. The van der Waals surface area contributed by atoms with Crippen LogP contribution < -0.4 is 10.1 Å². The topological polar surface area (TPSA) is 119 Å². The SMILES string of the molecule is O=C(O)Cn1cnc(NC(=O)c2ccnc(Oc3ccccc3F)c2)n1. The minimum atomic E-state index is -1.09. The highest BCUT2D eigenvalue weighted by Gasteiger charge is 2.12. The summed E-state index contributed by atoms with van der Waals surface area (Å²) in [5.74, 6) is -2.24. The number of carbonyl (C=O) groups excluding carboxylic acids is 1. The number of nitrogens with zero attached hydrogens (tertiary/aromatic N) is 4. The molecule has 10 heteroatoms. The van der Waals surface area contributed by atoms with Crippen LogP contribution in [0.3, 0.4) is 0 Å². The van der Waals surface area contributed by atoms with Crippen molar-refractivity contribution in [3.05, 3.63) is 60.3 Å². The van der Waals surface area contributed by atoms with Gasteiger partial charge in [-0.15, -0.1) is 5.10 Å². The number of rotatable bonds is 6. The molecule has 1 aromatic carbocycles. The van der Waals surface area contributed by atoms with Crippen molar-refractivity contribution >= 4 is 17.8 Å². The molecule has 0 fully saturated rings. The van der Waals surface area contributed by atoms with E-state index in [2.05, 4.69) is 20.4 Å². The first-order chi connectivity index (χ1) is 12.5. The molecular formula is C16H12FN5O4. The zero-order valence-corrected chi connectivity index (χ0v) is 13.2. The molecule has 0 radical (unpaired) electrons. The molecule has 9 nitrogen and oxygen atoms in total. The Bertz CT molecular complexity index is 959. The third-order valence-corrected chi connectivity index (χ3v) is 3.11. The van der Waals surface area contributed by atoms with Gasteiger partial charge in [0.15, 0.2) is 11.6 Å².